The summed E-state index contributed by atoms with van der Waals surface area (Å²) >= 11 is 1.90. The van der Waals surface area contributed by atoms with Crippen molar-refractivity contribution in [3.8, 4) is 0 Å². The van der Waals surface area contributed by atoms with Crippen LogP contribution in [0.2, 0.25) is 0 Å². The van der Waals surface area contributed by atoms with Crippen LogP contribution >= 0.6 is 11.3 Å². The summed E-state index contributed by atoms with van der Waals surface area (Å²) in [5, 5.41) is 1.26. The second-order valence-corrected chi connectivity index (χ2v) is 9.25. The zero-order valence-corrected chi connectivity index (χ0v) is 17.2. The highest BCUT2D eigenvalue weighted by molar-refractivity contribution is 7.11. The molecule has 5 rings (SSSR count). The van der Waals surface area contributed by atoms with Crippen molar-refractivity contribution in [3.63, 3.8) is 0 Å². The molecule has 0 aromatic carbocycles. The Morgan fingerprint density at radius 3 is 3.00 bits per heavy atom. The summed E-state index contributed by atoms with van der Waals surface area (Å²) in [6.07, 6.45) is 11.4. The van der Waals surface area contributed by atoms with Gasteiger partial charge in [0, 0.05) is 36.3 Å². The predicted molar refractivity (Wildman–Crippen MR) is 111 cm³/mol. The predicted octanol–water partition coefficient (Wildman–Crippen LogP) is 3.93. The van der Waals surface area contributed by atoms with E-state index < -0.39 is 0 Å². The molecule has 0 spiro atoms. The Balaban J connectivity index is 1.29. The molecule has 3 aromatic heterocycles. The molecule has 2 aliphatic rings. The highest BCUT2D eigenvalue weighted by Gasteiger charge is 2.28. The van der Waals surface area contributed by atoms with Crippen molar-refractivity contribution in [2.45, 2.75) is 57.8 Å². The van der Waals surface area contributed by atoms with Gasteiger partial charge < -0.3 is 9.30 Å². The number of piperidine rings is 1. The zero-order valence-electron chi connectivity index (χ0n) is 16.4. The number of aryl methyl sites for hydroxylation is 3. The van der Waals surface area contributed by atoms with Crippen LogP contribution in [0.1, 0.15) is 58.4 Å². The third-order valence-corrected chi connectivity index (χ3v) is 7.37. The van der Waals surface area contributed by atoms with Crippen molar-refractivity contribution >= 4 is 22.9 Å². The Bertz CT molecular complexity index is 997. The van der Waals surface area contributed by atoms with Gasteiger partial charge in [0.05, 0.1) is 22.8 Å². The Morgan fingerprint density at radius 2 is 2.14 bits per heavy atom. The minimum Gasteiger partial charge on any atom is -0.342 e. The number of fused-ring (bicyclic) bond motifs is 2. The van der Waals surface area contributed by atoms with E-state index in [-0.39, 0.29) is 5.91 Å². The summed E-state index contributed by atoms with van der Waals surface area (Å²) in [5.74, 6) is 0.587. The molecule has 0 bridgehead atoms. The van der Waals surface area contributed by atoms with Gasteiger partial charge in [-0.15, -0.1) is 11.3 Å². The number of aromatic nitrogens is 3. The number of thiazole rings is 1. The number of hydrogen-bond acceptors (Lipinski definition) is 4. The first-order valence-electron chi connectivity index (χ1n) is 10.4. The van der Waals surface area contributed by atoms with Gasteiger partial charge in [0.2, 0.25) is 5.91 Å². The van der Waals surface area contributed by atoms with Gasteiger partial charge in [-0.1, -0.05) is 6.07 Å². The summed E-state index contributed by atoms with van der Waals surface area (Å²) in [7, 11) is 0. The lowest BCUT2D eigenvalue weighted by atomic mass is 9.98. The lowest BCUT2D eigenvalue weighted by molar-refractivity contribution is -0.131. The lowest BCUT2D eigenvalue weighted by Gasteiger charge is -2.31. The average molecular weight is 395 g/mol. The number of hydrogen-bond donors (Lipinski definition) is 0. The standard InChI is InChI=1S/C22H26N4OS/c1-15-6-4-11-26-14-17(23-21(15)26)12-20(27)25-10-5-7-16(13-25)22-24-18-8-2-3-9-19(18)28-22/h4,6,11,14,16H,2-3,5,7-10,12-13H2,1H3. The highest BCUT2D eigenvalue weighted by atomic mass is 32.1. The maximum atomic E-state index is 13.0. The fourth-order valence-corrected chi connectivity index (χ4v) is 5.79. The number of amides is 1. The maximum absolute atomic E-state index is 13.0. The van der Waals surface area contributed by atoms with E-state index in [0.717, 1.165) is 49.3 Å². The fraction of sp³-hybridized carbons (Fsp3) is 0.500. The molecule has 1 fully saturated rings. The zero-order chi connectivity index (χ0) is 19.1. The molecule has 1 saturated heterocycles. The molecular formula is C22H26N4OS. The van der Waals surface area contributed by atoms with Gasteiger partial charge in [0.1, 0.15) is 5.65 Å². The van der Waals surface area contributed by atoms with Crippen molar-refractivity contribution < 1.29 is 4.79 Å². The SMILES string of the molecule is Cc1cccn2cc(CC(=O)N3CCCC(c4nc5c(s4)CCCC5)C3)nc12. The van der Waals surface area contributed by atoms with Gasteiger partial charge in [-0.2, -0.15) is 0 Å². The molecule has 0 N–H and O–H groups in total. The number of carbonyl (C=O) groups excluding carboxylic acids is 1. The molecule has 1 aliphatic heterocycles. The Hall–Kier alpha value is -2.21. The van der Waals surface area contributed by atoms with Gasteiger partial charge in [-0.25, -0.2) is 9.97 Å². The van der Waals surface area contributed by atoms with Gasteiger partial charge in [-0.3, -0.25) is 4.79 Å². The molecule has 28 heavy (non-hydrogen) atoms. The lowest BCUT2D eigenvalue weighted by Crippen LogP contribution is -2.40. The molecule has 1 amide bonds. The van der Waals surface area contributed by atoms with Crippen molar-refractivity contribution in [2.24, 2.45) is 0 Å². The normalized spacial score (nSPS) is 19.8. The number of pyridine rings is 1. The number of nitrogens with zero attached hydrogens (tertiary/aromatic N) is 4. The van der Waals surface area contributed by atoms with Gasteiger partial charge in [0.25, 0.3) is 0 Å². The van der Waals surface area contributed by atoms with Crippen LogP contribution in [0.4, 0.5) is 0 Å². The smallest absolute Gasteiger partial charge is 0.228 e. The van der Waals surface area contributed by atoms with Crippen molar-refractivity contribution in [3.05, 3.63) is 51.4 Å². The van der Waals surface area contributed by atoms with E-state index in [0.29, 0.717) is 12.3 Å². The van der Waals surface area contributed by atoms with Crippen LogP contribution in [-0.4, -0.2) is 38.3 Å². The Labute approximate surface area is 169 Å². The largest absolute Gasteiger partial charge is 0.342 e. The molecule has 1 unspecified atom stereocenters. The van der Waals surface area contributed by atoms with Crippen LogP contribution in [0.3, 0.4) is 0 Å². The number of carbonyl (C=O) groups is 1. The average Bonchev–Trinajstić information content (AvgIpc) is 3.32. The summed E-state index contributed by atoms with van der Waals surface area (Å²) in [5.41, 5.74) is 4.25. The monoisotopic (exact) mass is 394 g/mol. The topological polar surface area (TPSA) is 50.5 Å². The van der Waals surface area contributed by atoms with Crippen LogP contribution in [-0.2, 0) is 24.1 Å². The quantitative estimate of drug-likeness (QED) is 0.676. The van der Waals surface area contributed by atoms with Gasteiger partial charge in [-0.05, 0) is 57.1 Å². The van der Waals surface area contributed by atoms with E-state index in [4.69, 9.17) is 4.98 Å². The molecule has 1 atom stereocenters. The first kappa shape index (κ1) is 17.9. The van der Waals surface area contributed by atoms with E-state index in [2.05, 4.69) is 18.0 Å². The van der Waals surface area contributed by atoms with E-state index in [1.807, 2.05) is 39.1 Å². The minimum atomic E-state index is 0.187. The molecule has 3 aromatic rings. The van der Waals surface area contributed by atoms with Gasteiger partial charge in [0.15, 0.2) is 0 Å². The Morgan fingerprint density at radius 1 is 1.25 bits per heavy atom. The van der Waals surface area contributed by atoms with E-state index >= 15 is 0 Å². The van der Waals surface area contributed by atoms with Crippen molar-refractivity contribution in [2.75, 3.05) is 13.1 Å². The van der Waals surface area contributed by atoms with Crippen molar-refractivity contribution in [1.29, 1.82) is 0 Å². The van der Waals surface area contributed by atoms with Crippen LogP contribution in [0, 0.1) is 6.92 Å². The fourth-order valence-electron chi connectivity index (χ4n) is 4.51. The summed E-state index contributed by atoms with van der Waals surface area (Å²) in [6, 6.07) is 4.06. The molecule has 1 aliphatic carbocycles. The van der Waals surface area contributed by atoms with Crippen LogP contribution in [0.5, 0.6) is 0 Å². The van der Waals surface area contributed by atoms with E-state index in [9.17, 15) is 4.79 Å². The molecule has 0 radical (unpaired) electrons. The molecular weight excluding hydrogens is 368 g/mol. The molecule has 4 heterocycles. The third-order valence-electron chi connectivity index (χ3n) is 6.05. The van der Waals surface area contributed by atoms with E-state index in [1.54, 1.807) is 0 Å². The first-order valence-corrected chi connectivity index (χ1v) is 11.2. The molecule has 0 saturated carbocycles. The molecule has 5 nitrogen and oxygen atoms in total. The number of rotatable bonds is 3. The second-order valence-electron chi connectivity index (χ2n) is 8.14. The molecule has 6 heteroatoms. The second kappa shape index (κ2) is 7.32. The highest BCUT2D eigenvalue weighted by Crippen LogP contribution is 2.34. The summed E-state index contributed by atoms with van der Waals surface area (Å²) in [4.78, 5) is 26.1. The number of imidazole rings is 1. The minimum absolute atomic E-state index is 0.187. The van der Waals surface area contributed by atoms with Crippen LogP contribution in [0.25, 0.3) is 5.65 Å². The first-order chi connectivity index (χ1) is 13.7. The summed E-state index contributed by atoms with van der Waals surface area (Å²) < 4.78 is 2.01. The molecule has 146 valence electrons. The van der Waals surface area contributed by atoms with Gasteiger partial charge >= 0.3 is 0 Å². The summed E-state index contributed by atoms with van der Waals surface area (Å²) in [6.45, 7) is 3.71. The Kier molecular flexibility index (Phi) is 4.67. The van der Waals surface area contributed by atoms with E-state index in [1.165, 1.54) is 34.8 Å². The van der Waals surface area contributed by atoms with Crippen LogP contribution < -0.4 is 0 Å². The third kappa shape index (κ3) is 3.34. The maximum Gasteiger partial charge on any atom is 0.228 e. The number of likely N-dealkylation sites (tertiary alicyclic amines) is 1. The van der Waals surface area contributed by atoms with Crippen LogP contribution in [0.15, 0.2) is 24.5 Å². The van der Waals surface area contributed by atoms with Crippen molar-refractivity contribution in [1.82, 2.24) is 19.3 Å².